The molecule has 0 aliphatic rings. The molecule has 9 nitrogen and oxygen atoms in total. The van der Waals surface area contributed by atoms with Crippen LogP contribution in [0.5, 0.6) is 0 Å². The number of carboxylic acids is 1. The van der Waals surface area contributed by atoms with Crippen LogP contribution >= 0.6 is 0 Å². The third kappa shape index (κ3) is 78.0. The molecule has 2 unspecified atom stereocenters. The zero-order chi connectivity index (χ0) is 71.8. The van der Waals surface area contributed by atoms with Gasteiger partial charge in [0.15, 0.2) is 6.10 Å². The molecule has 2 atom stereocenters. The van der Waals surface area contributed by atoms with Gasteiger partial charge in [0.1, 0.15) is 13.2 Å². The molecule has 0 amide bonds. The van der Waals surface area contributed by atoms with Gasteiger partial charge < -0.3 is 28.5 Å². The normalized spacial score (nSPS) is 14.2. The van der Waals surface area contributed by atoms with Crippen molar-refractivity contribution in [3.8, 4) is 0 Å². The lowest BCUT2D eigenvalue weighted by atomic mass is 10.1. The van der Waals surface area contributed by atoms with Crippen LogP contribution in [0.1, 0.15) is 232 Å². The lowest BCUT2D eigenvalue weighted by Gasteiger charge is -2.25. The Morgan fingerprint density at radius 2 is 0.545 bits per heavy atom. The molecule has 1 N–H and O–H groups in total. The Kier molecular flexibility index (Phi) is 71.0. The molecule has 0 fully saturated rings. The molecule has 0 heterocycles. The first-order valence-electron chi connectivity index (χ1n) is 37.8. The molecular formula is C90H136NO8+. The van der Waals surface area contributed by atoms with Crippen LogP contribution in [0.4, 0.5) is 0 Å². The number of ether oxygens (including phenoxy) is 4. The van der Waals surface area contributed by atoms with E-state index in [-0.39, 0.29) is 38.6 Å². The van der Waals surface area contributed by atoms with E-state index in [2.05, 4.69) is 269 Å². The van der Waals surface area contributed by atoms with Gasteiger partial charge in [-0.1, -0.05) is 301 Å². The second kappa shape index (κ2) is 76.6. The van der Waals surface area contributed by atoms with Crippen LogP contribution < -0.4 is 0 Å². The number of rotatable bonds is 66. The van der Waals surface area contributed by atoms with Crippen LogP contribution in [0.2, 0.25) is 0 Å². The molecule has 99 heavy (non-hydrogen) atoms. The Morgan fingerprint density at radius 3 is 0.808 bits per heavy atom. The topological polar surface area (TPSA) is 108 Å². The van der Waals surface area contributed by atoms with Crippen molar-refractivity contribution in [2.45, 2.75) is 245 Å². The van der Waals surface area contributed by atoms with E-state index in [4.69, 9.17) is 18.9 Å². The summed E-state index contributed by atoms with van der Waals surface area (Å²) in [6.45, 7) is 4.55. The second-order valence-corrected chi connectivity index (χ2v) is 25.1. The fourth-order valence-corrected chi connectivity index (χ4v) is 9.10. The molecule has 0 aromatic rings. The van der Waals surface area contributed by atoms with Crippen LogP contribution in [0.15, 0.2) is 255 Å². The van der Waals surface area contributed by atoms with Crippen molar-refractivity contribution < 1.29 is 42.9 Å². The van der Waals surface area contributed by atoms with E-state index < -0.39 is 24.3 Å². The average molecular weight is 1360 g/mol. The maximum Gasteiger partial charge on any atom is 0.361 e. The number of nitrogens with zero attached hydrogens (tertiary/aromatic N) is 1. The zero-order valence-electron chi connectivity index (χ0n) is 62.5. The van der Waals surface area contributed by atoms with E-state index >= 15 is 0 Å². The lowest BCUT2D eigenvalue weighted by molar-refractivity contribution is -0.870. The minimum absolute atomic E-state index is 0.164. The van der Waals surface area contributed by atoms with Gasteiger partial charge >= 0.3 is 17.9 Å². The van der Waals surface area contributed by atoms with Crippen LogP contribution in [0.3, 0.4) is 0 Å². The number of unbranched alkanes of at least 4 members (excludes halogenated alkanes) is 9. The maximum atomic E-state index is 13.0. The number of esters is 2. The van der Waals surface area contributed by atoms with Gasteiger partial charge in [-0.15, -0.1) is 0 Å². The Morgan fingerprint density at radius 1 is 0.303 bits per heavy atom. The van der Waals surface area contributed by atoms with Gasteiger partial charge in [-0.2, -0.15) is 0 Å². The highest BCUT2D eigenvalue weighted by Crippen LogP contribution is 2.13. The number of aliphatic carboxylic acids is 1. The second-order valence-electron chi connectivity index (χ2n) is 25.1. The smallest absolute Gasteiger partial charge is 0.361 e. The van der Waals surface area contributed by atoms with Gasteiger partial charge in [-0.25, -0.2) is 4.79 Å². The fourth-order valence-electron chi connectivity index (χ4n) is 9.10. The van der Waals surface area contributed by atoms with E-state index in [1.54, 1.807) is 0 Å². The van der Waals surface area contributed by atoms with Gasteiger partial charge in [0.2, 0.25) is 0 Å². The minimum Gasteiger partial charge on any atom is -0.477 e. The SMILES string of the molecule is CC/C=C\C/C=C\C/C=C\C/C=C\C/C=C\C/C=C\C/C=C\C/C=C\C/C=C\C/C=C\C/C=C\CCCCCCCC(=O)OC(COC(=O)CCCCCC/C=C\C/C=C\C/C=C\C/C=C\C/C=C\C/C=C\C/C=C\C/C=C\C/C=C\C/C=C\CC)COC(OCC[N+](C)(C)C)C(=O)O. The van der Waals surface area contributed by atoms with E-state index in [1.807, 2.05) is 21.1 Å². The number of hydrogen-bond donors (Lipinski definition) is 1. The Balaban J connectivity index is 4.30. The predicted octanol–water partition coefficient (Wildman–Crippen LogP) is 24.6. The summed E-state index contributed by atoms with van der Waals surface area (Å²) in [5.41, 5.74) is 0. The highest BCUT2D eigenvalue weighted by molar-refractivity contribution is 5.71. The molecular weight excluding hydrogens is 1220 g/mol. The van der Waals surface area contributed by atoms with E-state index in [0.717, 1.165) is 193 Å². The Labute approximate surface area is 604 Å². The Bertz CT molecular complexity index is 2590. The van der Waals surface area contributed by atoms with Crippen molar-refractivity contribution in [3.63, 3.8) is 0 Å². The number of carboxylic acid groups (broad SMARTS) is 1. The summed E-state index contributed by atoms with van der Waals surface area (Å²) in [6.07, 6.45) is 122. The fraction of sp³-hybridized carbons (Fsp3) is 0.500. The number of allylic oxidation sites excluding steroid dienone is 42. The van der Waals surface area contributed by atoms with Crippen LogP contribution in [-0.2, 0) is 33.3 Å². The molecule has 0 bridgehead atoms. The van der Waals surface area contributed by atoms with Gasteiger partial charge in [-0.05, 0) is 173 Å². The van der Waals surface area contributed by atoms with Crippen molar-refractivity contribution in [1.82, 2.24) is 0 Å². The highest BCUT2D eigenvalue weighted by atomic mass is 16.7. The number of quaternary nitrogens is 1. The molecule has 0 aromatic heterocycles. The zero-order valence-corrected chi connectivity index (χ0v) is 62.5. The quantitative estimate of drug-likeness (QED) is 0.0211. The number of carbonyl (C=O) groups excluding carboxylic acids is 2. The van der Waals surface area contributed by atoms with Crippen molar-refractivity contribution >= 4 is 17.9 Å². The van der Waals surface area contributed by atoms with E-state index in [1.165, 1.54) is 0 Å². The molecule has 0 saturated carbocycles. The Hall–Kier alpha value is -7.17. The first-order chi connectivity index (χ1) is 48.6. The molecule has 0 spiro atoms. The average Bonchev–Trinajstić information content (AvgIpc) is 1.14. The number of carbonyl (C=O) groups is 3. The molecule has 0 aromatic carbocycles. The van der Waals surface area contributed by atoms with Crippen molar-refractivity contribution in [2.24, 2.45) is 0 Å². The van der Waals surface area contributed by atoms with Crippen LogP contribution in [-0.4, -0.2) is 87.4 Å². The third-order valence-corrected chi connectivity index (χ3v) is 14.8. The molecule has 9 heteroatoms. The van der Waals surface area contributed by atoms with Crippen molar-refractivity contribution in [1.29, 1.82) is 0 Å². The first kappa shape index (κ1) is 91.8. The number of likely N-dealkylation sites (N-methyl/N-ethyl adjacent to an activating group) is 1. The third-order valence-electron chi connectivity index (χ3n) is 14.8. The van der Waals surface area contributed by atoms with Crippen molar-refractivity contribution in [2.75, 3.05) is 47.5 Å². The number of hydrogen-bond acceptors (Lipinski definition) is 7. The predicted molar refractivity (Wildman–Crippen MR) is 427 cm³/mol. The largest absolute Gasteiger partial charge is 0.477 e. The summed E-state index contributed by atoms with van der Waals surface area (Å²) in [5.74, 6) is -2.10. The summed E-state index contributed by atoms with van der Waals surface area (Å²) in [4.78, 5) is 37.7. The van der Waals surface area contributed by atoms with E-state index in [9.17, 15) is 19.5 Å². The molecule has 0 aliphatic carbocycles. The maximum absolute atomic E-state index is 13.0. The summed E-state index contributed by atoms with van der Waals surface area (Å²) >= 11 is 0. The molecule has 0 rings (SSSR count). The van der Waals surface area contributed by atoms with Crippen molar-refractivity contribution in [3.05, 3.63) is 255 Å². The summed E-state index contributed by atoms with van der Waals surface area (Å²) in [5, 5.41) is 9.76. The molecule has 548 valence electrons. The minimum atomic E-state index is -1.54. The van der Waals surface area contributed by atoms with Gasteiger partial charge in [0.25, 0.3) is 6.29 Å². The standard InChI is InChI=1S/C90H135NO8/c1-6-8-10-12-14-16-18-20-22-24-26-28-30-32-34-36-38-40-42-43-44-45-47-49-51-53-55-57-59-61-63-65-67-69-71-73-75-77-79-81-88(93)99-86(85-98-90(89(94)95)96-83-82-91(3,4)5)84-97-87(92)80-78-76-74-72-70-68-66-64-62-60-58-56-54-52-50-48-46-41-39-37-35-33-31-29-27-25-23-21-19-17-15-13-11-9-7-2/h8-11,14-17,20-23,26-29,32-35,38-41,43-44,47-50,53-56,59-62,65-68,86,90H,6-7,12-13,18-19,24-25,30-31,36-37,42,45-46,51-52,57-58,63-64,69-85H2,1-5H3/p+1/b10-8-,11-9-,16-14-,17-15-,22-20-,23-21-,28-26-,29-27-,34-32-,35-33-,40-38-,41-39-,44-43-,49-47-,50-48-,55-53-,56-54-,61-59-,62-60-,67-65-,68-66-. The van der Waals surface area contributed by atoms with Gasteiger partial charge in [0.05, 0.1) is 34.4 Å². The summed E-state index contributed by atoms with van der Waals surface area (Å²) < 4.78 is 22.9. The monoisotopic (exact) mass is 1360 g/mol. The highest BCUT2D eigenvalue weighted by Gasteiger charge is 2.25. The molecule has 0 aliphatic heterocycles. The van der Waals surface area contributed by atoms with E-state index in [0.29, 0.717) is 23.9 Å². The molecule has 0 saturated heterocycles. The van der Waals surface area contributed by atoms with Crippen LogP contribution in [0.25, 0.3) is 0 Å². The van der Waals surface area contributed by atoms with Gasteiger partial charge in [0, 0.05) is 12.8 Å². The van der Waals surface area contributed by atoms with Gasteiger partial charge in [-0.3, -0.25) is 9.59 Å². The summed E-state index contributed by atoms with van der Waals surface area (Å²) in [7, 11) is 5.94. The van der Waals surface area contributed by atoms with Crippen LogP contribution in [0, 0.1) is 0 Å². The summed E-state index contributed by atoms with van der Waals surface area (Å²) in [6, 6.07) is 0. The lowest BCUT2D eigenvalue weighted by Crippen LogP contribution is -2.40. The first-order valence-corrected chi connectivity index (χ1v) is 37.8. The molecule has 0 radical (unpaired) electrons.